The molecule has 1 aromatic heterocycles. The highest BCUT2D eigenvalue weighted by Crippen LogP contribution is 2.19. The summed E-state index contributed by atoms with van der Waals surface area (Å²) in [6, 6.07) is 8.69. The fourth-order valence-electron chi connectivity index (χ4n) is 2.01. The number of aromatic nitrogens is 1. The van der Waals surface area contributed by atoms with Gasteiger partial charge in [0.15, 0.2) is 0 Å². The Labute approximate surface area is 117 Å². The maximum Gasteiger partial charge on any atom is 0.336 e. The summed E-state index contributed by atoms with van der Waals surface area (Å²) in [6.07, 6.45) is 7.95. The van der Waals surface area contributed by atoms with E-state index in [1.54, 1.807) is 24.3 Å². The van der Waals surface area contributed by atoms with Crippen molar-refractivity contribution >= 4 is 22.7 Å². The van der Waals surface area contributed by atoms with E-state index in [9.17, 15) is 4.79 Å². The number of terminal acetylenes is 1. The smallest absolute Gasteiger partial charge is 0.336 e. The Bertz CT molecular complexity index is 659. The lowest BCUT2D eigenvalue weighted by molar-refractivity contribution is 0.0699. The predicted octanol–water partition coefficient (Wildman–Crippen LogP) is 3.15. The minimum Gasteiger partial charge on any atom is -0.478 e. The van der Waals surface area contributed by atoms with Crippen LogP contribution in [0.15, 0.2) is 30.3 Å². The third-order valence-electron chi connectivity index (χ3n) is 3.02. The van der Waals surface area contributed by atoms with Crippen molar-refractivity contribution in [3.05, 3.63) is 35.9 Å². The number of hydrogen-bond donors (Lipinski definition) is 2. The number of nitrogens with zero attached hydrogens (tertiary/aromatic N) is 1. The van der Waals surface area contributed by atoms with E-state index in [-0.39, 0.29) is 5.56 Å². The number of unbranched alkanes of at least 4 members (excludes halogenated alkanes) is 2. The number of fused-ring (bicyclic) bond motifs is 1. The lowest BCUT2D eigenvalue weighted by atomic mass is 10.1. The number of carboxylic acids is 1. The van der Waals surface area contributed by atoms with E-state index >= 15 is 0 Å². The van der Waals surface area contributed by atoms with Crippen LogP contribution in [-0.4, -0.2) is 22.6 Å². The zero-order valence-corrected chi connectivity index (χ0v) is 11.1. The van der Waals surface area contributed by atoms with Gasteiger partial charge >= 0.3 is 5.97 Å². The summed E-state index contributed by atoms with van der Waals surface area (Å²) in [5, 5.41) is 13.0. The highest BCUT2D eigenvalue weighted by Gasteiger charge is 2.08. The summed E-state index contributed by atoms with van der Waals surface area (Å²) in [5.74, 6) is 2.42. The number of carboxylic acid groups (broad SMARTS) is 1. The molecule has 0 unspecified atom stereocenters. The second kappa shape index (κ2) is 6.58. The Balaban J connectivity index is 2.10. The highest BCUT2D eigenvalue weighted by molar-refractivity contribution is 6.02. The Morgan fingerprint density at radius 1 is 1.30 bits per heavy atom. The summed E-state index contributed by atoms with van der Waals surface area (Å²) in [4.78, 5) is 15.5. The molecule has 4 heteroatoms. The number of hydrogen-bond acceptors (Lipinski definition) is 3. The van der Waals surface area contributed by atoms with Crippen molar-refractivity contribution in [1.82, 2.24) is 4.98 Å². The summed E-state index contributed by atoms with van der Waals surface area (Å²) < 4.78 is 0. The van der Waals surface area contributed by atoms with Gasteiger partial charge in [-0.25, -0.2) is 9.78 Å². The van der Waals surface area contributed by atoms with Crippen LogP contribution in [0.5, 0.6) is 0 Å². The first-order valence-electron chi connectivity index (χ1n) is 6.53. The number of anilines is 1. The van der Waals surface area contributed by atoms with E-state index in [1.807, 2.05) is 6.07 Å². The molecule has 0 atom stereocenters. The molecule has 0 spiro atoms. The van der Waals surface area contributed by atoms with Gasteiger partial charge < -0.3 is 10.4 Å². The predicted molar refractivity (Wildman–Crippen MR) is 79.9 cm³/mol. The van der Waals surface area contributed by atoms with Crippen LogP contribution >= 0.6 is 0 Å². The summed E-state index contributed by atoms with van der Waals surface area (Å²) in [7, 11) is 0. The number of nitrogens with one attached hydrogen (secondary N) is 1. The van der Waals surface area contributed by atoms with Crippen molar-refractivity contribution in [2.24, 2.45) is 0 Å². The molecule has 0 saturated heterocycles. The minimum absolute atomic E-state index is 0.274. The Kier molecular flexibility index (Phi) is 4.56. The van der Waals surface area contributed by atoms with Crippen LogP contribution < -0.4 is 5.32 Å². The SMILES string of the molecule is C#CCCCCNc1ccc2c(C(=O)O)cccc2n1. The van der Waals surface area contributed by atoms with Crippen LogP contribution in [0.2, 0.25) is 0 Å². The van der Waals surface area contributed by atoms with Crippen molar-refractivity contribution in [2.45, 2.75) is 19.3 Å². The van der Waals surface area contributed by atoms with E-state index in [4.69, 9.17) is 11.5 Å². The molecule has 0 radical (unpaired) electrons. The van der Waals surface area contributed by atoms with Gasteiger partial charge in [0.05, 0.1) is 11.1 Å². The molecule has 2 rings (SSSR count). The van der Waals surface area contributed by atoms with Crippen LogP contribution in [0.25, 0.3) is 10.9 Å². The molecular weight excluding hydrogens is 252 g/mol. The van der Waals surface area contributed by atoms with Crippen molar-refractivity contribution in [3.63, 3.8) is 0 Å². The Morgan fingerprint density at radius 2 is 2.15 bits per heavy atom. The van der Waals surface area contributed by atoms with E-state index in [2.05, 4.69) is 16.2 Å². The first-order chi connectivity index (χ1) is 9.72. The standard InChI is InChI=1S/C16H16N2O2/c1-2-3-4-5-11-17-15-10-9-12-13(16(19)20)7-6-8-14(12)18-15/h1,6-10H,3-5,11H2,(H,17,18)(H,19,20). The van der Waals surface area contributed by atoms with Gasteiger partial charge in [-0.3, -0.25) is 0 Å². The summed E-state index contributed by atoms with van der Waals surface area (Å²) in [6.45, 7) is 0.804. The second-order valence-corrected chi connectivity index (χ2v) is 4.46. The number of aromatic carboxylic acids is 1. The molecule has 0 saturated carbocycles. The monoisotopic (exact) mass is 268 g/mol. The van der Waals surface area contributed by atoms with Gasteiger partial charge in [0, 0.05) is 18.4 Å². The van der Waals surface area contributed by atoms with Gasteiger partial charge in [-0.1, -0.05) is 6.07 Å². The van der Waals surface area contributed by atoms with Gasteiger partial charge in [0.25, 0.3) is 0 Å². The molecule has 20 heavy (non-hydrogen) atoms. The van der Waals surface area contributed by atoms with Crippen molar-refractivity contribution < 1.29 is 9.90 Å². The summed E-state index contributed by atoms with van der Waals surface area (Å²) in [5.41, 5.74) is 0.953. The average molecular weight is 268 g/mol. The molecule has 102 valence electrons. The fourth-order valence-corrected chi connectivity index (χ4v) is 2.01. The first kappa shape index (κ1) is 13.9. The Hall–Kier alpha value is -2.54. The van der Waals surface area contributed by atoms with Crippen LogP contribution in [0.4, 0.5) is 5.82 Å². The van der Waals surface area contributed by atoms with E-state index < -0.39 is 5.97 Å². The molecule has 2 N–H and O–H groups in total. The maximum atomic E-state index is 11.1. The maximum absolute atomic E-state index is 11.1. The zero-order valence-electron chi connectivity index (χ0n) is 11.1. The molecule has 0 bridgehead atoms. The average Bonchev–Trinajstić information content (AvgIpc) is 2.46. The number of pyridine rings is 1. The number of carbonyl (C=O) groups is 1. The topological polar surface area (TPSA) is 62.2 Å². The molecule has 0 aliphatic rings. The molecule has 0 fully saturated rings. The molecule has 4 nitrogen and oxygen atoms in total. The van der Waals surface area contributed by atoms with Crippen LogP contribution in [-0.2, 0) is 0 Å². The molecule has 1 heterocycles. The molecular formula is C16H16N2O2. The molecule has 0 aliphatic carbocycles. The Morgan fingerprint density at radius 3 is 2.90 bits per heavy atom. The van der Waals surface area contributed by atoms with Crippen LogP contribution in [0, 0.1) is 12.3 Å². The van der Waals surface area contributed by atoms with Gasteiger partial charge in [-0.2, -0.15) is 0 Å². The molecule has 1 aromatic carbocycles. The first-order valence-corrected chi connectivity index (χ1v) is 6.53. The van der Waals surface area contributed by atoms with Gasteiger partial charge in [0.2, 0.25) is 0 Å². The van der Waals surface area contributed by atoms with E-state index in [0.29, 0.717) is 10.9 Å². The van der Waals surface area contributed by atoms with Gasteiger partial charge in [-0.05, 0) is 37.1 Å². The van der Waals surface area contributed by atoms with Gasteiger partial charge in [0.1, 0.15) is 5.82 Å². The normalized spacial score (nSPS) is 10.2. The lowest BCUT2D eigenvalue weighted by Crippen LogP contribution is -2.04. The largest absolute Gasteiger partial charge is 0.478 e. The highest BCUT2D eigenvalue weighted by atomic mass is 16.4. The third kappa shape index (κ3) is 3.27. The van der Waals surface area contributed by atoms with Crippen LogP contribution in [0.1, 0.15) is 29.6 Å². The van der Waals surface area contributed by atoms with Crippen molar-refractivity contribution in [2.75, 3.05) is 11.9 Å². The third-order valence-corrected chi connectivity index (χ3v) is 3.02. The number of benzene rings is 1. The number of rotatable bonds is 6. The minimum atomic E-state index is -0.938. The quantitative estimate of drug-likeness (QED) is 0.624. The lowest BCUT2D eigenvalue weighted by Gasteiger charge is -2.07. The molecule has 2 aromatic rings. The molecule has 0 amide bonds. The molecule has 0 aliphatic heterocycles. The fraction of sp³-hybridized carbons (Fsp3) is 0.250. The zero-order chi connectivity index (χ0) is 14.4. The second-order valence-electron chi connectivity index (χ2n) is 4.46. The van der Waals surface area contributed by atoms with Crippen molar-refractivity contribution in [1.29, 1.82) is 0 Å². The summed E-state index contributed by atoms with van der Waals surface area (Å²) >= 11 is 0. The van der Waals surface area contributed by atoms with Crippen molar-refractivity contribution in [3.8, 4) is 12.3 Å². The van der Waals surface area contributed by atoms with Crippen LogP contribution in [0.3, 0.4) is 0 Å². The van der Waals surface area contributed by atoms with E-state index in [0.717, 1.165) is 31.6 Å². The van der Waals surface area contributed by atoms with E-state index in [1.165, 1.54) is 0 Å². The van der Waals surface area contributed by atoms with Gasteiger partial charge in [-0.15, -0.1) is 12.3 Å².